The molecule has 0 spiro atoms. The number of rotatable bonds is 10. The Kier molecular flexibility index (Phi) is 9.15. The molecule has 1 heterocycles. The maximum Gasteiger partial charge on any atom is 0.191 e. The van der Waals surface area contributed by atoms with Crippen LogP contribution in [0.15, 0.2) is 40.0 Å². The van der Waals surface area contributed by atoms with Crippen LogP contribution in [0.4, 0.5) is 0 Å². The van der Waals surface area contributed by atoms with E-state index in [0.29, 0.717) is 25.7 Å². The quantitative estimate of drug-likeness (QED) is 0.367. The highest BCUT2D eigenvalue weighted by Crippen LogP contribution is 2.21. The van der Waals surface area contributed by atoms with Gasteiger partial charge >= 0.3 is 0 Å². The van der Waals surface area contributed by atoms with E-state index in [9.17, 15) is 0 Å². The number of nitrogens with zero attached hydrogens (tertiary/aromatic N) is 1. The fourth-order valence-corrected chi connectivity index (χ4v) is 3.43. The van der Waals surface area contributed by atoms with Crippen molar-refractivity contribution in [1.82, 2.24) is 10.6 Å². The summed E-state index contributed by atoms with van der Waals surface area (Å²) in [5, 5.41) is 11.1. The first-order valence-corrected chi connectivity index (χ1v) is 10.3. The minimum absolute atomic E-state index is 0.439. The number of methoxy groups -OCH3 is 1. The van der Waals surface area contributed by atoms with Crippen molar-refractivity contribution in [2.75, 3.05) is 33.9 Å². The van der Waals surface area contributed by atoms with Crippen LogP contribution >= 0.6 is 11.3 Å². The van der Waals surface area contributed by atoms with Gasteiger partial charge in [-0.2, -0.15) is 11.3 Å². The van der Waals surface area contributed by atoms with Gasteiger partial charge < -0.3 is 20.1 Å². The molecule has 1 unspecified atom stereocenters. The maximum atomic E-state index is 5.95. The lowest BCUT2D eigenvalue weighted by Gasteiger charge is -2.17. The number of hydrogen-bond acceptors (Lipinski definition) is 4. The van der Waals surface area contributed by atoms with Gasteiger partial charge in [0.1, 0.15) is 5.75 Å². The largest absolute Gasteiger partial charge is 0.493 e. The summed E-state index contributed by atoms with van der Waals surface area (Å²) in [5.74, 6) is 2.15. The van der Waals surface area contributed by atoms with Gasteiger partial charge in [-0.3, -0.25) is 4.99 Å². The highest BCUT2D eigenvalue weighted by Gasteiger charge is 2.09. The lowest BCUT2D eigenvalue weighted by Crippen LogP contribution is -2.38. The first kappa shape index (κ1) is 21.3. The zero-order chi connectivity index (χ0) is 19.5. The maximum absolute atomic E-state index is 5.95. The summed E-state index contributed by atoms with van der Waals surface area (Å²) in [4.78, 5) is 4.33. The van der Waals surface area contributed by atoms with Gasteiger partial charge in [0.25, 0.3) is 0 Å². The number of aryl methyl sites for hydroxylation is 1. The predicted octanol–water partition coefficient (Wildman–Crippen LogP) is 3.94. The van der Waals surface area contributed by atoms with Crippen LogP contribution in [0.25, 0.3) is 0 Å². The van der Waals surface area contributed by atoms with Crippen LogP contribution in [0.2, 0.25) is 0 Å². The highest BCUT2D eigenvalue weighted by atomic mass is 32.1. The molecule has 2 N–H and O–H groups in total. The van der Waals surface area contributed by atoms with E-state index in [-0.39, 0.29) is 0 Å². The molecule has 0 bridgehead atoms. The van der Waals surface area contributed by atoms with Crippen LogP contribution in [0.5, 0.6) is 5.75 Å². The smallest absolute Gasteiger partial charge is 0.191 e. The molecule has 6 heteroatoms. The van der Waals surface area contributed by atoms with E-state index in [1.54, 1.807) is 25.5 Å². The van der Waals surface area contributed by atoms with Crippen LogP contribution in [-0.2, 0) is 11.3 Å². The van der Waals surface area contributed by atoms with Gasteiger partial charge in [-0.15, -0.1) is 0 Å². The second kappa shape index (κ2) is 11.6. The number of hydrogen-bond donors (Lipinski definition) is 2. The van der Waals surface area contributed by atoms with E-state index in [1.165, 1.54) is 11.1 Å². The zero-order valence-electron chi connectivity index (χ0n) is 16.7. The first-order valence-electron chi connectivity index (χ1n) is 9.32. The molecule has 148 valence electrons. The van der Waals surface area contributed by atoms with E-state index in [1.807, 2.05) is 0 Å². The molecule has 5 nitrogen and oxygen atoms in total. The Morgan fingerprint density at radius 2 is 2.07 bits per heavy atom. The third kappa shape index (κ3) is 7.23. The molecule has 1 aromatic carbocycles. The average molecular weight is 390 g/mol. The van der Waals surface area contributed by atoms with E-state index in [0.717, 1.165) is 30.2 Å². The summed E-state index contributed by atoms with van der Waals surface area (Å²) in [7, 11) is 3.50. The normalized spacial score (nSPS) is 12.7. The average Bonchev–Trinajstić information content (AvgIpc) is 3.21. The van der Waals surface area contributed by atoms with Gasteiger partial charge in [0, 0.05) is 45.8 Å². The Morgan fingerprint density at radius 1 is 1.22 bits per heavy atom. The molecule has 2 rings (SSSR count). The second-order valence-electron chi connectivity index (χ2n) is 6.57. The van der Waals surface area contributed by atoms with E-state index in [4.69, 9.17) is 9.47 Å². The number of benzene rings is 1. The summed E-state index contributed by atoms with van der Waals surface area (Å²) < 4.78 is 11.0. The third-order valence-corrected chi connectivity index (χ3v) is 5.03. The lowest BCUT2D eigenvalue weighted by molar-refractivity contribution is 0.171. The van der Waals surface area contributed by atoms with Gasteiger partial charge in [0.2, 0.25) is 0 Å². The molecule has 0 amide bonds. The molecular formula is C21H31N3O2S. The van der Waals surface area contributed by atoms with Crippen LogP contribution in [-0.4, -0.2) is 39.9 Å². The number of aliphatic imine (C=N–C) groups is 1. The molecular weight excluding hydrogens is 358 g/mol. The molecule has 0 fully saturated rings. The van der Waals surface area contributed by atoms with Gasteiger partial charge in [0.05, 0.1) is 6.61 Å². The van der Waals surface area contributed by atoms with E-state index < -0.39 is 0 Å². The molecule has 2 aromatic rings. The van der Waals surface area contributed by atoms with Gasteiger partial charge in [0.15, 0.2) is 5.96 Å². The molecule has 0 saturated heterocycles. The SMILES string of the molecule is CN=C(NCc1ccc(C)cc1OCCCOC)NCC(C)c1ccsc1. The summed E-state index contributed by atoms with van der Waals surface area (Å²) in [6, 6.07) is 8.47. The van der Waals surface area contributed by atoms with Crippen molar-refractivity contribution in [2.45, 2.75) is 32.7 Å². The van der Waals surface area contributed by atoms with Crippen molar-refractivity contribution < 1.29 is 9.47 Å². The standard InChI is InChI=1S/C21H31N3O2S/c1-16-6-7-18(20(12-16)26-10-5-9-25-4)14-24-21(22-3)23-13-17(2)19-8-11-27-15-19/h6-8,11-12,15,17H,5,9-10,13-14H2,1-4H3,(H2,22,23,24). The van der Waals surface area contributed by atoms with E-state index >= 15 is 0 Å². The minimum Gasteiger partial charge on any atom is -0.493 e. The Hall–Kier alpha value is -2.05. The Bertz CT molecular complexity index is 701. The number of ether oxygens (including phenoxy) is 2. The van der Waals surface area contributed by atoms with Crippen LogP contribution in [0.1, 0.15) is 36.0 Å². The second-order valence-corrected chi connectivity index (χ2v) is 7.35. The Labute approximate surface area is 166 Å². The molecule has 0 aliphatic heterocycles. The monoisotopic (exact) mass is 389 g/mol. The molecule has 0 radical (unpaired) electrons. The topological polar surface area (TPSA) is 54.9 Å². The molecule has 0 aliphatic carbocycles. The fourth-order valence-electron chi connectivity index (χ4n) is 2.65. The lowest BCUT2D eigenvalue weighted by atomic mass is 10.1. The van der Waals surface area contributed by atoms with Crippen molar-refractivity contribution in [2.24, 2.45) is 4.99 Å². The molecule has 0 aliphatic rings. The Balaban J connectivity index is 1.87. The minimum atomic E-state index is 0.439. The summed E-state index contributed by atoms with van der Waals surface area (Å²) >= 11 is 1.73. The van der Waals surface area contributed by atoms with Gasteiger partial charge in [-0.05, 0) is 46.9 Å². The van der Waals surface area contributed by atoms with Crippen molar-refractivity contribution in [1.29, 1.82) is 0 Å². The summed E-state index contributed by atoms with van der Waals surface area (Å²) in [5.41, 5.74) is 3.66. The fraction of sp³-hybridized carbons (Fsp3) is 0.476. The predicted molar refractivity (Wildman–Crippen MR) is 114 cm³/mol. The van der Waals surface area contributed by atoms with Gasteiger partial charge in [-0.1, -0.05) is 19.1 Å². The van der Waals surface area contributed by atoms with Crippen molar-refractivity contribution >= 4 is 17.3 Å². The summed E-state index contributed by atoms with van der Waals surface area (Å²) in [6.07, 6.45) is 0.876. The number of nitrogens with one attached hydrogen (secondary N) is 2. The molecule has 27 heavy (non-hydrogen) atoms. The summed E-state index contributed by atoms with van der Waals surface area (Å²) in [6.45, 7) is 7.14. The number of thiophene rings is 1. The van der Waals surface area contributed by atoms with E-state index in [2.05, 4.69) is 64.5 Å². The molecule has 1 aromatic heterocycles. The molecule has 0 saturated carbocycles. The van der Waals surface area contributed by atoms with Crippen LogP contribution < -0.4 is 15.4 Å². The van der Waals surface area contributed by atoms with Crippen LogP contribution in [0.3, 0.4) is 0 Å². The van der Waals surface area contributed by atoms with Crippen molar-refractivity contribution in [3.8, 4) is 5.75 Å². The van der Waals surface area contributed by atoms with Crippen LogP contribution in [0, 0.1) is 6.92 Å². The highest BCUT2D eigenvalue weighted by molar-refractivity contribution is 7.07. The Morgan fingerprint density at radius 3 is 2.78 bits per heavy atom. The number of guanidine groups is 1. The third-order valence-electron chi connectivity index (χ3n) is 4.33. The van der Waals surface area contributed by atoms with Crippen molar-refractivity contribution in [3.05, 3.63) is 51.7 Å². The molecule has 1 atom stereocenters. The van der Waals surface area contributed by atoms with Gasteiger partial charge in [-0.25, -0.2) is 0 Å². The first-order chi connectivity index (χ1) is 13.1. The van der Waals surface area contributed by atoms with Crippen molar-refractivity contribution in [3.63, 3.8) is 0 Å². The zero-order valence-corrected chi connectivity index (χ0v) is 17.6.